The summed E-state index contributed by atoms with van der Waals surface area (Å²) in [6.07, 6.45) is -0.397. The van der Waals surface area contributed by atoms with Crippen LogP contribution in [0.1, 0.15) is 54.9 Å². The van der Waals surface area contributed by atoms with Gasteiger partial charge in [0, 0.05) is 12.3 Å². The molecule has 0 aromatic heterocycles. The molecule has 2 atom stereocenters. The number of hydrogen-bond donors (Lipinski definition) is 0. The first-order valence-electron chi connectivity index (χ1n) is 12.2. The Labute approximate surface area is 211 Å². The minimum atomic E-state index is -2.83. The molecule has 0 spiro atoms. The summed E-state index contributed by atoms with van der Waals surface area (Å²) in [5.74, 6) is -0.434. The van der Waals surface area contributed by atoms with Gasteiger partial charge < -0.3 is 9.16 Å². The number of carbonyl (C=O) groups excluding carboxylic acids is 2. The second-order valence-electron chi connectivity index (χ2n) is 11.4. The van der Waals surface area contributed by atoms with E-state index in [1.807, 2.05) is 43.3 Å². The van der Waals surface area contributed by atoms with E-state index < -0.39 is 26.1 Å². The van der Waals surface area contributed by atoms with Gasteiger partial charge in [-0.25, -0.2) is 9.69 Å². The van der Waals surface area contributed by atoms with Crippen LogP contribution in [-0.2, 0) is 14.0 Å². The van der Waals surface area contributed by atoms with Gasteiger partial charge in [-0.05, 0) is 43.1 Å². The molecule has 0 N–H and O–H groups in total. The fourth-order valence-corrected chi connectivity index (χ4v) is 9.58. The number of likely N-dealkylation sites (tertiary alicyclic amines) is 1. The number of benzene rings is 2. The van der Waals surface area contributed by atoms with Crippen molar-refractivity contribution in [3.05, 3.63) is 72.8 Å². The van der Waals surface area contributed by atoms with E-state index in [0.717, 1.165) is 15.9 Å². The third-order valence-electron chi connectivity index (χ3n) is 6.57. The van der Waals surface area contributed by atoms with E-state index in [1.54, 1.807) is 20.8 Å². The Morgan fingerprint density at radius 3 is 1.86 bits per heavy atom. The minimum Gasteiger partial charge on any atom is -0.443 e. The molecule has 3 rings (SSSR count). The average Bonchev–Trinajstić information content (AvgIpc) is 3.10. The summed E-state index contributed by atoms with van der Waals surface area (Å²) in [6, 6.07) is 20.2. The van der Waals surface area contributed by atoms with Crippen LogP contribution < -0.4 is 10.4 Å². The van der Waals surface area contributed by atoms with Crippen molar-refractivity contribution >= 4 is 30.7 Å². The Hall–Kier alpha value is -2.70. The van der Waals surface area contributed by atoms with Crippen LogP contribution in [0.25, 0.3) is 0 Å². The molecule has 2 aromatic rings. The van der Waals surface area contributed by atoms with Crippen molar-refractivity contribution in [2.45, 2.75) is 71.6 Å². The fourth-order valence-electron chi connectivity index (χ4n) is 5.00. The number of hydrogen-bond acceptors (Lipinski definition) is 4. The number of carbonyl (C=O) groups is 2. The average molecular weight is 494 g/mol. The molecule has 35 heavy (non-hydrogen) atoms. The molecular weight excluding hydrogens is 454 g/mol. The first-order valence-corrected chi connectivity index (χ1v) is 14.1. The number of rotatable bonds is 6. The van der Waals surface area contributed by atoms with Crippen LogP contribution in [0.3, 0.4) is 0 Å². The third-order valence-corrected chi connectivity index (χ3v) is 11.6. The van der Waals surface area contributed by atoms with Gasteiger partial charge in [-0.2, -0.15) is 0 Å². The van der Waals surface area contributed by atoms with Crippen LogP contribution >= 0.6 is 0 Å². The summed E-state index contributed by atoms with van der Waals surface area (Å²) in [4.78, 5) is 27.4. The molecule has 0 unspecified atom stereocenters. The lowest BCUT2D eigenvalue weighted by atomic mass is 9.94. The van der Waals surface area contributed by atoms with E-state index >= 15 is 0 Å². The molecular formula is C29H39NO4Si. The van der Waals surface area contributed by atoms with Gasteiger partial charge in [-0.15, -0.1) is 0 Å². The highest BCUT2D eigenvalue weighted by molar-refractivity contribution is 6.99. The van der Waals surface area contributed by atoms with Crippen LogP contribution in [-0.4, -0.2) is 43.5 Å². The molecule has 5 nitrogen and oxygen atoms in total. The number of amides is 2. The minimum absolute atomic E-state index is 0.187. The number of imide groups is 1. The largest absolute Gasteiger partial charge is 0.443 e. The van der Waals surface area contributed by atoms with Crippen molar-refractivity contribution < 1.29 is 18.8 Å². The zero-order valence-electron chi connectivity index (χ0n) is 22.1. The van der Waals surface area contributed by atoms with E-state index in [0.29, 0.717) is 0 Å². The molecule has 1 heterocycles. The van der Waals surface area contributed by atoms with Gasteiger partial charge in [-0.1, -0.05) is 93.6 Å². The Morgan fingerprint density at radius 2 is 1.46 bits per heavy atom. The fraction of sp³-hybridized carbons (Fsp3) is 0.448. The Morgan fingerprint density at radius 1 is 0.971 bits per heavy atom. The van der Waals surface area contributed by atoms with Crippen LogP contribution in [0.4, 0.5) is 4.79 Å². The second kappa shape index (κ2) is 10.1. The summed E-state index contributed by atoms with van der Waals surface area (Å²) < 4.78 is 12.7. The topological polar surface area (TPSA) is 55.8 Å². The van der Waals surface area contributed by atoms with E-state index in [1.165, 1.54) is 4.90 Å². The van der Waals surface area contributed by atoms with Gasteiger partial charge in [0.25, 0.3) is 8.32 Å². The van der Waals surface area contributed by atoms with Gasteiger partial charge in [-0.3, -0.25) is 4.79 Å². The zero-order chi connectivity index (χ0) is 26.0. The maximum Gasteiger partial charge on any atom is 0.417 e. The van der Waals surface area contributed by atoms with E-state index in [2.05, 4.69) is 51.6 Å². The van der Waals surface area contributed by atoms with Gasteiger partial charge in [0.2, 0.25) is 5.91 Å². The van der Waals surface area contributed by atoms with Crippen molar-refractivity contribution in [3.8, 4) is 0 Å². The molecule has 0 bridgehead atoms. The van der Waals surface area contributed by atoms with Gasteiger partial charge in [0.15, 0.2) is 0 Å². The van der Waals surface area contributed by atoms with Crippen LogP contribution in [0.5, 0.6) is 0 Å². The SMILES string of the molecule is C=C(C)[C@@H]1CC(=O)N(C(=O)OC(C)(C)C)[C@H]1CO[Si](c1ccccc1)(c1ccccc1)C(C)(C)C. The summed E-state index contributed by atoms with van der Waals surface area (Å²) in [7, 11) is -2.83. The maximum absolute atomic E-state index is 13.1. The van der Waals surface area contributed by atoms with Crippen molar-refractivity contribution in [2.75, 3.05) is 6.61 Å². The maximum atomic E-state index is 13.1. The Bertz CT molecular complexity index is 1010. The van der Waals surface area contributed by atoms with Crippen molar-refractivity contribution in [1.82, 2.24) is 4.90 Å². The highest BCUT2D eigenvalue weighted by Crippen LogP contribution is 2.39. The molecule has 2 amide bonds. The molecule has 0 saturated carbocycles. The summed E-state index contributed by atoms with van der Waals surface area (Å²) in [5, 5.41) is 2.09. The normalized spacial score (nSPS) is 19.1. The lowest BCUT2D eigenvalue weighted by molar-refractivity contribution is -0.128. The van der Waals surface area contributed by atoms with Crippen molar-refractivity contribution in [3.63, 3.8) is 0 Å². The smallest absolute Gasteiger partial charge is 0.417 e. The summed E-state index contributed by atoms with van der Waals surface area (Å²) in [5.41, 5.74) is 0.155. The third kappa shape index (κ3) is 5.59. The monoisotopic (exact) mass is 493 g/mol. The first-order chi connectivity index (χ1) is 16.3. The lowest BCUT2D eigenvalue weighted by Crippen LogP contribution is -2.67. The molecule has 1 fully saturated rings. The highest BCUT2D eigenvalue weighted by atomic mass is 28.4. The molecule has 1 aliphatic rings. The Balaban J connectivity index is 2.08. The standard InChI is InChI=1S/C29H39NO4Si/c1-21(2)24-19-26(31)30(27(32)34-28(3,4)5)25(24)20-33-35(29(6,7)8,22-15-11-9-12-16-22)23-17-13-10-14-18-23/h9-18,24-25H,1,19-20H2,2-8H3/t24-,25-/m0/s1. The van der Waals surface area contributed by atoms with Gasteiger partial charge in [0.05, 0.1) is 12.6 Å². The van der Waals surface area contributed by atoms with Crippen LogP contribution in [0, 0.1) is 5.92 Å². The zero-order valence-corrected chi connectivity index (χ0v) is 23.1. The molecule has 1 aliphatic heterocycles. The first kappa shape index (κ1) is 26.9. The molecule has 188 valence electrons. The van der Waals surface area contributed by atoms with E-state index in [-0.39, 0.29) is 29.9 Å². The van der Waals surface area contributed by atoms with Crippen LogP contribution in [0.2, 0.25) is 5.04 Å². The second-order valence-corrected chi connectivity index (χ2v) is 15.7. The lowest BCUT2D eigenvalue weighted by Gasteiger charge is -2.44. The van der Waals surface area contributed by atoms with E-state index in [9.17, 15) is 9.59 Å². The van der Waals surface area contributed by atoms with Gasteiger partial charge >= 0.3 is 6.09 Å². The van der Waals surface area contributed by atoms with E-state index in [4.69, 9.17) is 9.16 Å². The van der Waals surface area contributed by atoms with Crippen LogP contribution in [0.15, 0.2) is 72.8 Å². The molecule has 0 aliphatic carbocycles. The molecule has 2 aromatic carbocycles. The number of nitrogens with zero attached hydrogens (tertiary/aromatic N) is 1. The molecule has 1 saturated heterocycles. The quantitative estimate of drug-likeness (QED) is 0.405. The predicted octanol–water partition coefficient (Wildman–Crippen LogP) is 5.29. The van der Waals surface area contributed by atoms with Gasteiger partial charge in [0.1, 0.15) is 5.60 Å². The summed E-state index contributed by atoms with van der Waals surface area (Å²) >= 11 is 0. The number of ether oxygens (including phenoxy) is 1. The predicted molar refractivity (Wildman–Crippen MR) is 143 cm³/mol. The Kier molecular flexibility index (Phi) is 7.77. The molecule has 6 heteroatoms. The molecule has 0 radical (unpaired) electrons. The summed E-state index contributed by atoms with van der Waals surface area (Å²) in [6.45, 7) is 18.3. The van der Waals surface area contributed by atoms with Crippen molar-refractivity contribution in [2.24, 2.45) is 5.92 Å². The van der Waals surface area contributed by atoms with Crippen molar-refractivity contribution in [1.29, 1.82) is 0 Å². The highest BCUT2D eigenvalue weighted by Gasteiger charge is 2.52.